The van der Waals surface area contributed by atoms with Gasteiger partial charge in [0.05, 0.1) is 17.0 Å². The molecule has 0 saturated carbocycles. The first-order valence-corrected chi connectivity index (χ1v) is 10.3. The molecule has 0 unspecified atom stereocenters. The summed E-state index contributed by atoms with van der Waals surface area (Å²) in [5, 5.41) is 0.866. The van der Waals surface area contributed by atoms with Crippen molar-refractivity contribution in [3.63, 3.8) is 0 Å². The first-order chi connectivity index (χ1) is 14.9. The minimum Gasteiger partial charge on any atom is -0.450 e. The first kappa shape index (κ1) is 19.5. The fraction of sp³-hybridized carbons (Fsp3) is 0.160. The van der Waals surface area contributed by atoms with Crippen LogP contribution in [0.1, 0.15) is 44.4 Å². The number of benzene rings is 2. The van der Waals surface area contributed by atoms with Crippen molar-refractivity contribution in [1.29, 1.82) is 0 Å². The number of hydrogen-bond acceptors (Lipinski definition) is 4. The second-order valence-corrected chi connectivity index (χ2v) is 8.29. The fourth-order valence-corrected chi connectivity index (χ4v) is 4.25. The van der Waals surface area contributed by atoms with Gasteiger partial charge in [-0.15, -0.1) is 0 Å². The lowest BCUT2D eigenvalue weighted by Gasteiger charge is -2.25. The van der Waals surface area contributed by atoms with E-state index in [1.54, 1.807) is 29.4 Å². The zero-order valence-corrected chi connectivity index (χ0v) is 17.8. The number of nitrogens with zero attached hydrogens (tertiary/aromatic N) is 2. The standard InChI is InChI=1S/C25H19ClN2O3/c1-14-5-7-17(8-6-14)22-21-23(29)18-11-19(26)15(2)10-20(18)31-24(21)25(30)28(22)13-16-4-3-9-27-12-16/h3-12,22H,13H2,1-2H3/t22-/m1/s1. The predicted molar refractivity (Wildman–Crippen MR) is 119 cm³/mol. The summed E-state index contributed by atoms with van der Waals surface area (Å²) in [7, 11) is 0. The van der Waals surface area contributed by atoms with E-state index in [4.69, 9.17) is 16.0 Å². The molecule has 2 aromatic heterocycles. The van der Waals surface area contributed by atoms with Crippen LogP contribution in [-0.4, -0.2) is 15.8 Å². The van der Waals surface area contributed by atoms with Crippen LogP contribution in [0.3, 0.4) is 0 Å². The normalized spacial score (nSPS) is 15.5. The average molecular weight is 431 g/mol. The highest BCUT2D eigenvalue weighted by Crippen LogP contribution is 2.39. The van der Waals surface area contributed by atoms with Gasteiger partial charge in [-0.2, -0.15) is 0 Å². The van der Waals surface area contributed by atoms with Crippen LogP contribution < -0.4 is 5.43 Å². The summed E-state index contributed by atoms with van der Waals surface area (Å²) in [5.74, 6) is -0.218. The molecule has 0 aliphatic carbocycles. The predicted octanol–water partition coefficient (Wildman–Crippen LogP) is 5.20. The number of halogens is 1. The van der Waals surface area contributed by atoms with Crippen LogP contribution in [0.4, 0.5) is 0 Å². The summed E-state index contributed by atoms with van der Waals surface area (Å²) in [5.41, 5.74) is 4.09. The largest absolute Gasteiger partial charge is 0.450 e. The summed E-state index contributed by atoms with van der Waals surface area (Å²) >= 11 is 6.28. The molecule has 0 saturated heterocycles. The number of carbonyl (C=O) groups excluding carboxylic acids is 1. The van der Waals surface area contributed by atoms with Gasteiger partial charge in [-0.25, -0.2) is 0 Å². The Labute approximate surface area is 183 Å². The van der Waals surface area contributed by atoms with Crippen LogP contribution in [-0.2, 0) is 6.54 Å². The highest BCUT2D eigenvalue weighted by molar-refractivity contribution is 6.32. The molecule has 3 heterocycles. The van der Waals surface area contributed by atoms with Crippen LogP contribution in [0.25, 0.3) is 11.0 Å². The van der Waals surface area contributed by atoms with Crippen molar-refractivity contribution in [2.75, 3.05) is 0 Å². The molecule has 6 heteroatoms. The smallest absolute Gasteiger partial charge is 0.291 e. The van der Waals surface area contributed by atoms with E-state index in [0.717, 1.165) is 22.3 Å². The van der Waals surface area contributed by atoms with Crippen LogP contribution in [0.15, 0.2) is 70.1 Å². The van der Waals surface area contributed by atoms with Crippen molar-refractivity contribution in [1.82, 2.24) is 9.88 Å². The molecule has 0 radical (unpaired) electrons. The molecule has 31 heavy (non-hydrogen) atoms. The number of rotatable bonds is 3. The Morgan fingerprint density at radius 3 is 2.58 bits per heavy atom. The molecular weight excluding hydrogens is 412 g/mol. The number of pyridine rings is 1. The van der Waals surface area contributed by atoms with Gasteiger partial charge in [0.2, 0.25) is 5.76 Å². The van der Waals surface area contributed by atoms with Crippen molar-refractivity contribution < 1.29 is 9.21 Å². The number of hydrogen-bond donors (Lipinski definition) is 0. The van der Waals surface area contributed by atoms with Crippen molar-refractivity contribution in [3.8, 4) is 0 Å². The monoisotopic (exact) mass is 430 g/mol. The summed E-state index contributed by atoms with van der Waals surface area (Å²) in [6.07, 6.45) is 3.41. The molecule has 5 rings (SSSR count). The molecule has 0 N–H and O–H groups in total. The first-order valence-electron chi connectivity index (χ1n) is 9.97. The van der Waals surface area contributed by atoms with Gasteiger partial charge in [-0.1, -0.05) is 47.5 Å². The molecule has 0 spiro atoms. The van der Waals surface area contributed by atoms with Crippen LogP contribution in [0.2, 0.25) is 5.02 Å². The summed E-state index contributed by atoms with van der Waals surface area (Å²) in [6.45, 7) is 4.14. The van der Waals surface area contributed by atoms with Crippen LogP contribution in [0, 0.1) is 13.8 Å². The highest BCUT2D eigenvalue weighted by atomic mass is 35.5. The van der Waals surface area contributed by atoms with Gasteiger partial charge < -0.3 is 9.32 Å². The maximum atomic E-state index is 13.6. The van der Waals surface area contributed by atoms with E-state index < -0.39 is 6.04 Å². The Hall–Kier alpha value is -3.44. The van der Waals surface area contributed by atoms with Crippen molar-refractivity contribution in [2.24, 2.45) is 0 Å². The van der Waals surface area contributed by atoms with Gasteiger partial charge in [0.1, 0.15) is 5.58 Å². The second-order valence-electron chi connectivity index (χ2n) is 7.88. The summed E-state index contributed by atoms with van der Waals surface area (Å²) in [4.78, 5) is 32.8. The lowest BCUT2D eigenvalue weighted by Crippen LogP contribution is -2.29. The van der Waals surface area contributed by atoms with Gasteiger partial charge in [-0.3, -0.25) is 14.6 Å². The third-order valence-corrected chi connectivity index (χ3v) is 6.12. The fourth-order valence-electron chi connectivity index (χ4n) is 4.09. The Kier molecular flexibility index (Phi) is 4.63. The number of aromatic nitrogens is 1. The Morgan fingerprint density at radius 1 is 1.10 bits per heavy atom. The molecule has 0 fully saturated rings. The SMILES string of the molecule is Cc1ccc([C@@H]2c3c(oc4cc(C)c(Cl)cc4c3=O)C(=O)N2Cc2cccnc2)cc1. The van der Waals surface area contributed by atoms with E-state index in [-0.39, 0.29) is 17.1 Å². The molecule has 154 valence electrons. The van der Waals surface area contributed by atoms with Gasteiger partial charge in [-0.05, 0) is 48.7 Å². The van der Waals surface area contributed by atoms with Gasteiger partial charge in [0, 0.05) is 24.0 Å². The molecular formula is C25H19ClN2O3. The second kappa shape index (κ2) is 7.36. The molecule has 2 aromatic carbocycles. The minimum absolute atomic E-state index is 0.0914. The molecule has 1 atom stereocenters. The topological polar surface area (TPSA) is 63.4 Å². The quantitative estimate of drug-likeness (QED) is 0.448. The maximum absolute atomic E-state index is 13.6. The number of aryl methyl sites for hydroxylation is 2. The van der Waals surface area contributed by atoms with E-state index >= 15 is 0 Å². The maximum Gasteiger partial charge on any atom is 0.291 e. The van der Waals surface area contributed by atoms with Gasteiger partial charge in [0.15, 0.2) is 5.43 Å². The Balaban J connectivity index is 1.75. The van der Waals surface area contributed by atoms with E-state index in [1.807, 2.05) is 50.2 Å². The van der Waals surface area contributed by atoms with E-state index in [1.165, 1.54) is 0 Å². The van der Waals surface area contributed by atoms with Crippen molar-refractivity contribution in [2.45, 2.75) is 26.4 Å². The van der Waals surface area contributed by atoms with Gasteiger partial charge in [0.25, 0.3) is 5.91 Å². The van der Waals surface area contributed by atoms with E-state index in [2.05, 4.69) is 4.98 Å². The molecule has 4 aromatic rings. The number of amides is 1. The Bertz CT molecular complexity index is 1380. The van der Waals surface area contributed by atoms with Crippen LogP contribution in [0.5, 0.6) is 0 Å². The zero-order chi connectivity index (χ0) is 21.7. The van der Waals surface area contributed by atoms with Crippen LogP contribution >= 0.6 is 11.6 Å². The molecule has 5 nitrogen and oxygen atoms in total. The average Bonchev–Trinajstić information content (AvgIpc) is 3.03. The van der Waals surface area contributed by atoms with E-state index in [9.17, 15) is 9.59 Å². The Morgan fingerprint density at radius 2 is 1.87 bits per heavy atom. The third-order valence-electron chi connectivity index (χ3n) is 5.72. The molecule has 0 bridgehead atoms. The third kappa shape index (κ3) is 3.22. The van der Waals surface area contributed by atoms with Crippen molar-refractivity contribution >= 4 is 28.5 Å². The summed E-state index contributed by atoms with van der Waals surface area (Å²) < 4.78 is 6.01. The lowest BCUT2D eigenvalue weighted by molar-refractivity contribution is 0.0714. The zero-order valence-electron chi connectivity index (χ0n) is 17.1. The lowest BCUT2D eigenvalue weighted by atomic mass is 9.97. The number of fused-ring (bicyclic) bond motifs is 2. The molecule has 1 aliphatic heterocycles. The van der Waals surface area contributed by atoms with Crippen molar-refractivity contribution in [3.05, 3.63) is 110 Å². The van der Waals surface area contributed by atoms with Gasteiger partial charge >= 0.3 is 0 Å². The number of carbonyl (C=O) groups is 1. The minimum atomic E-state index is -0.552. The van der Waals surface area contributed by atoms with E-state index in [0.29, 0.717) is 28.1 Å². The molecule has 1 aliphatic rings. The molecule has 1 amide bonds. The summed E-state index contributed by atoms with van der Waals surface area (Å²) in [6, 6.07) is 14.4. The highest BCUT2D eigenvalue weighted by Gasteiger charge is 2.42.